The van der Waals surface area contributed by atoms with Crippen LogP contribution in [0.25, 0.3) is 0 Å². The number of rotatable bonds is 4. The van der Waals surface area contributed by atoms with Gasteiger partial charge in [-0.1, -0.05) is 12.1 Å². The summed E-state index contributed by atoms with van der Waals surface area (Å²) in [6.07, 6.45) is 3.35. The van der Waals surface area contributed by atoms with Crippen LogP contribution in [0.1, 0.15) is 50.6 Å². The van der Waals surface area contributed by atoms with Gasteiger partial charge in [-0.2, -0.15) is 0 Å². The number of amides is 2. The van der Waals surface area contributed by atoms with Crippen molar-refractivity contribution in [3.63, 3.8) is 0 Å². The van der Waals surface area contributed by atoms with Crippen LogP contribution < -0.4 is 10.2 Å². The Hall–Kier alpha value is -1.88. The zero-order chi connectivity index (χ0) is 16.4. The van der Waals surface area contributed by atoms with E-state index in [2.05, 4.69) is 5.32 Å². The van der Waals surface area contributed by atoms with Crippen LogP contribution in [0.2, 0.25) is 0 Å². The Morgan fingerprint density at radius 1 is 1.35 bits per heavy atom. The highest BCUT2D eigenvalue weighted by molar-refractivity contribution is 5.95. The molecule has 2 fully saturated rings. The average Bonchev–Trinajstić information content (AvgIpc) is 3.15. The summed E-state index contributed by atoms with van der Waals surface area (Å²) in [6, 6.07) is 7.64. The fourth-order valence-electron chi connectivity index (χ4n) is 3.53. The third-order valence-electron chi connectivity index (χ3n) is 4.93. The van der Waals surface area contributed by atoms with E-state index in [1.54, 1.807) is 4.90 Å². The van der Waals surface area contributed by atoms with Crippen LogP contribution in [0.3, 0.4) is 0 Å². The minimum atomic E-state index is -0.518. The number of carbonyl (C=O) groups excluding carboxylic acids is 2. The first-order valence-electron chi connectivity index (χ1n) is 8.45. The van der Waals surface area contributed by atoms with Crippen LogP contribution in [-0.2, 0) is 9.59 Å². The quantitative estimate of drug-likeness (QED) is 0.894. The summed E-state index contributed by atoms with van der Waals surface area (Å²) >= 11 is 0. The first-order chi connectivity index (χ1) is 11.1. The van der Waals surface area contributed by atoms with E-state index in [1.165, 1.54) is 0 Å². The van der Waals surface area contributed by atoms with Gasteiger partial charge in [0.25, 0.3) is 0 Å². The minimum Gasteiger partial charge on any atom is -0.392 e. The van der Waals surface area contributed by atoms with Gasteiger partial charge in [-0.25, -0.2) is 0 Å². The second-order valence-electron chi connectivity index (χ2n) is 6.58. The van der Waals surface area contributed by atoms with Crippen LogP contribution in [0.15, 0.2) is 24.3 Å². The molecule has 0 spiro atoms. The molecule has 5 heteroatoms. The van der Waals surface area contributed by atoms with Gasteiger partial charge in [0.2, 0.25) is 11.8 Å². The first kappa shape index (κ1) is 16.0. The zero-order valence-corrected chi connectivity index (χ0v) is 13.5. The third kappa shape index (κ3) is 3.39. The molecule has 1 saturated heterocycles. The predicted molar refractivity (Wildman–Crippen MR) is 87.9 cm³/mol. The highest BCUT2D eigenvalue weighted by Gasteiger charge is 2.32. The molecule has 0 radical (unpaired) electrons. The molecule has 23 heavy (non-hydrogen) atoms. The maximum absolute atomic E-state index is 12.3. The maximum atomic E-state index is 12.3. The van der Waals surface area contributed by atoms with Crippen LogP contribution in [0.4, 0.5) is 5.69 Å². The van der Waals surface area contributed by atoms with E-state index in [1.807, 2.05) is 31.2 Å². The van der Waals surface area contributed by atoms with Gasteiger partial charge in [0.1, 0.15) is 0 Å². The number of nitrogens with zero attached hydrogens (tertiary/aromatic N) is 1. The summed E-state index contributed by atoms with van der Waals surface area (Å²) in [4.78, 5) is 26.0. The molecule has 5 nitrogen and oxygen atoms in total. The SMILES string of the molecule is CC(NC(=O)C1CCCC1O)c1cccc(N2CCCC2=O)c1. The number of aliphatic hydroxyl groups excluding tert-OH is 1. The molecule has 0 aromatic heterocycles. The molecule has 2 N–H and O–H groups in total. The first-order valence-corrected chi connectivity index (χ1v) is 8.45. The van der Waals surface area contributed by atoms with Crippen molar-refractivity contribution in [3.05, 3.63) is 29.8 Å². The molecule has 1 aliphatic carbocycles. The smallest absolute Gasteiger partial charge is 0.227 e. The van der Waals surface area contributed by atoms with E-state index in [0.29, 0.717) is 12.8 Å². The van der Waals surface area contributed by atoms with Crippen molar-refractivity contribution < 1.29 is 14.7 Å². The van der Waals surface area contributed by atoms with E-state index >= 15 is 0 Å². The molecular formula is C18H24N2O3. The largest absolute Gasteiger partial charge is 0.392 e. The van der Waals surface area contributed by atoms with E-state index in [0.717, 1.165) is 37.1 Å². The summed E-state index contributed by atoms with van der Waals surface area (Å²) in [6.45, 7) is 2.70. The van der Waals surface area contributed by atoms with Crippen molar-refractivity contribution in [1.82, 2.24) is 5.32 Å². The van der Waals surface area contributed by atoms with Gasteiger partial charge in [0.05, 0.1) is 18.1 Å². The fraction of sp³-hybridized carbons (Fsp3) is 0.556. The van der Waals surface area contributed by atoms with Crippen LogP contribution in [0.5, 0.6) is 0 Å². The summed E-state index contributed by atoms with van der Waals surface area (Å²) in [5.41, 5.74) is 1.87. The van der Waals surface area contributed by atoms with Gasteiger partial charge in [-0.05, 0) is 50.3 Å². The Morgan fingerprint density at radius 3 is 2.83 bits per heavy atom. The predicted octanol–water partition coefficient (Wildman–Crippen LogP) is 2.15. The Labute approximate surface area is 136 Å². The van der Waals surface area contributed by atoms with Crippen molar-refractivity contribution in [1.29, 1.82) is 0 Å². The van der Waals surface area contributed by atoms with Gasteiger partial charge >= 0.3 is 0 Å². The summed E-state index contributed by atoms with van der Waals surface area (Å²) in [7, 11) is 0. The van der Waals surface area contributed by atoms with Crippen molar-refractivity contribution in [2.24, 2.45) is 5.92 Å². The van der Waals surface area contributed by atoms with E-state index in [-0.39, 0.29) is 23.8 Å². The topological polar surface area (TPSA) is 69.6 Å². The van der Waals surface area contributed by atoms with Crippen molar-refractivity contribution in [2.75, 3.05) is 11.4 Å². The molecule has 1 aliphatic heterocycles. The molecule has 2 aliphatic rings. The molecule has 3 atom stereocenters. The highest BCUT2D eigenvalue weighted by atomic mass is 16.3. The van der Waals surface area contributed by atoms with E-state index in [9.17, 15) is 14.7 Å². The van der Waals surface area contributed by atoms with Crippen molar-refractivity contribution in [3.8, 4) is 0 Å². The number of nitrogens with one attached hydrogen (secondary N) is 1. The Kier molecular flexibility index (Phi) is 4.66. The lowest BCUT2D eigenvalue weighted by molar-refractivity contribution is -0.128. The number of carbonyl (C=O) groups is 2. The van der Waals surface area contributed by atoms with Gasteiger partial charge in [0, 0.05) is 18.7 Å². The fourth-order valence-corrected chi connectivity index (χ4v) is 3.53. The number of hydrogen-bond acceptors (Lipinski definition) is 3. The molecular weight excluding hydrogens is 292 g/mol. The molecule has 2 amide bonds. The molecule has 0 bridgehead atoms. The third-order valence-corrected chi connectivity index (χ3v) is 4.93. The Morgan fingerprint density at radius 2 is 2.17 bits per heavy atom. The van der Waals surface area contributed by atoms with Crippen molar-refractivity contribution in [2.45, 2.75) is 51.2 Å². The lowest BCUT2D eigenvalue weighted by Crippen LogP contribution is -2.36. The Bertz CT molecular complexity index is 602. The number of hydrogen-bond donors (Lipinski definition) is 2. The maximum Gasteiger partial charge on any atom is 0.227 e. The van der Waals surface area contributed by atoms with Gasteiger partial charge < -0.3 is 15.3 Å². The normalized spacial score (nSPS) is 25.7. The molecule has 1 aromatic rings. The standard InChI is InChI=1S/C18H24N2O3/c1-12(19-18(23)15-7-3-8-16(15)21)13-5-2-6-14(11-13)20-10-4-9-17(20)22/h2,5-6,11-12,15-16,21H,3-4,7-10H2,1H3,(H,19,23). The van der Waals surface area contributed by atoms with E-state index in [4.69, 9.17) is 0 Å². The van der Waals surface area contributed by atoms with Crippen LogP contribution in [0, 0.1) is 5.92 Å². The second-order valence-corrected chi connectivity index (χ2v) is 6.58. The number of aliphatic hydroxyl groups is 1. The summed E-state index contributed by atoms with van der Waals surface area (Å²) in [5, 5.41) is 12.8. The molecule has 1 saturated carbocycles. The van der Waals surface area contributed by atoms with Crippen molar-refractivity contribution >= 4 is 17.5 Å². The molecule has 3 unspecified atom stereocenters. The molecule has 124 valence electrons. The second kappa shape index (κ2) is 6.71. The van der Waals surface area contributed by atoms with Gasteiger partial charge in [0.15, 0.2) is 0 Å². The van der Waals surface area contributed by atoms with Gasteiger partial charge in [-0.15, -0.1) is 0 Å². The average molecular weight is 316 g/mol. The van der Waals surface area contributed by atoms with Crippen LogP contribution >= 0.6 is 0 Å². The lowest BCUT2D eigenvalue weighted by Gasteiger charge is -2.21. The Balaban J connectivity index is 1.68. The molecule has 1 heterocycles. The molecule has 3 rings (SSSR count). The number of benzene rings is 1. The molecule has 1 aromatic carbocycles. The van der Waals surface area contributed by atoms with Gasteiger partial charge in [-0.3, -0.25) is 9.59 Å². The summed E-state index contributed by atoms with van der Waals surface area (Å²) < 4.78 is 0. The highest BCUT2D eigenvalue weighted by Crippen LogP contribution is 2.28. The van der Waals surface area contributed by atoms with Crippen LogP contribution in [-0.4, -0.2) is 29.6 Å². The number of anilines is 1. The van der Waals surface area contributed by atoms with E-state index < -0.39 is 6.10 Å². The minimum absolute atomic E-state index is 0.0786. The lowest BCUT2D eigenvalue weighted by atomic mass is 10.0. The summed E-state index contributed by atoms with van der Waals surface area (Å²) in [5.74, 6) is -0.209. The monoisotopic (exact) mass is 316 g/mol. The zero-order valence-electron chi connectivity index (χ0n) is 13.5.